The second-order valence-electron chi connectivity index (χ2n) is 14.2. The first kappa shape index (κ1) is 26.8. The molecule has 0 saturated carbocycles. The van der Waals surface area contributed by atoms with Gasteiger partial charge in [0, 0.05) is 54.5 Å². The number of fused-ring (bicyclic) bond motifs is 14. The predicted molar refractivity (Wildman–Crippen MR) is 218 cm³/mol. The third-order valence-electron chi connectivity index (χ3n) is 11.6. The van der Waals surface area contributed by atoms with Crippen molar-refractivity contribution in [2.75, 3.05) is 0 Å². The van der Waals surface area contributed by atoms with Gasteiger partial charge < -0.3 is 17.9 Å². The molecular formula is C48H28N4. The second kappa shape index (κ2) is 9.39. The minimum absolute atomic E-state index is 1.17. The summed E-state index contributed by atoms with van der Waals surface area (Å²) in [5, 5.41) is 10.1. The van der Waals surface area contributed by atoms with E-state index in [2.05, 4.69) is 188 Å². The number of nitrogens with zero attached hydrogens (tertiary/aromatic N) is 4. The van der Waals surface area contributed by atoms with Crippen molar-refractivity contribution in [3.05, 3.63) is 170 Å². The van der Waals surface area contributed by atoms with E-state index in [0.29, 0.717) is 0 Å². The maximum Gasteiger partial charge on any atom is 0.0784 e. The molecule has 0 unspecified atom stereocenters. The molecule has 0 radical (unpaired) electrons. The molecule has 0 bridgehead atoms. The van der Waals surface area contributed by atoms with Gasteiger partial charge in [0.05, 0.1) is 55.2 Å². The molecule has 0 fully saturated rings. The number of rotatable bonds is 2. The summed E-state index contributed by atoms with van der Waals surface area (Å²) in [5.41, 5.74) is 14.5. The molecule has 0 N–H and O–H groups in total. The zero-order valence-electron chi connectivity index (χ0n) is 28.0. The van der Waals surface area contributed by atoms with Gasteiger partial charge in [-0.1, -0.05) is 109 Å². The van der Waals surface area contributed by atoms with E-state index in [-0.39, 0.29) is 0 Å². The molecule has 13 rings (SSSR count). The Morgan fingerprint density at radius 2 is 0.500 bits per heavy atom. The highest BCUT2D eigenvalue weighted by Crippen LogP contribution is 2.44. The molecule has 4 heteroatoms. The average Bonchev–Trinajstić information content (AvgIpc) is 3.93. The Balaban J connectivity index is 1.26. The zero-order valence-corrected chi connectivity index (χ0v) is 28.0. The topological polar surface area (TPSA) is 18.7 Å². The SMILES string of the molecule is c1ccc2c(c1)c1ccccc1n2-c1cc2c3ccccc3n3c4cc(-n5c6ccccc6c6ccccc65)cc5c6ccccc6n(c(c1)c23)c54. The van der Waals surface area contributed by atoms with Gasteiger partial charge in [-0.2, -0.15) is 0 Å². The molecule has 8 aromatic carbocycles. The molecule has 0 spiro atoms. The Bertz CT molecular complexity index is 3290. The van der Waals surface area contributed by atoms with Gasteiger partial charge in [-0.25, -0.2) is 0 Å². The number of hydrogen-bond donors (Lipinski definition) is 0. The maximum atomic E-state index is 2.54. The van der Waals surface area contributed by atoms with Gasteiger partial charge in [-0.15, -0.1) is 0 Å². The molecule has 0 atom stereocenters. The fraction of sp³-hybridized carbons (Fsp3) is 0. The number of benzene rings is 8. The Hall–Kier alpha value is -7.04. The summed E-state index contributed by atoms with van der Waals surface area (Å²) in [7, 11) is 0. The molecule has 240 valence electrons. The Labute approximate surface area is 296 Å². The summed E-state index contributed by atoms with van der Waals surface area (Å²) in [4.78, 5) is 0. The highest BCUT2D eigenvalue weighted by Gasteiger charge is 2.24. The molecular weight excluding hydrogens is 633 g/mol. The summed E-state index contributed by atoms with van der Waals surface area (Å²) >= 11 is 0. The zero-order chi connectivity index (χ0) is 33.7. The first-order chi connectivity index (χ1) is 25.8. The smallest absolute Gasteiger partial charge is 0.0784 e. The summed E-state index contributed by atoms with van der Waals surface area (Å²) < 4.78 is 9.98. The fourth-order valence-corrected chi connectivity index (χ4v) is 9.62. The molecule has 0 amide bonds. The van der Waals surface area contributed by atoms with Crippen LogP contribution < -0.4 is 0 Å². The van der Waals surface area contributed by atoms with Crippen LogP contribution in [0.1, 0.15) is 0 Å². The summed E-state index contributed by atoms with van der Waals surface area (Å²) in [6.45, 7) is 0. The van der Waals surface area contributed by atoms with Gasteiger partial charge in [0.15, 0.2) is 0 Å². The van der Waals surface area contributed by atoms with Crippen molar-refractivity contribution in [3.63, 3.8) is 0 Å². The average molecular weight is 661 g/mol. The minimum atomic E-state index is 1.17. The molecule has 13 aromatic rings. The van der Waals surface area contributed by atoms with E-state index in [4.69, 9.17) is 0 Å². The molecule has 0 saturated heterocycles. The largest absolute Gasteiger partial charge is 0.309 e. The quantitative estimate of drug-likeness (QED) is 0.164. The van der Waals surface area contributed by atoms with Crippen LogP contribution in [0.4, 0.5) is 0 Å². The summed E-state index contributed by atoms with van der Waals surface area (Å²) in [5.74, 6) is 0. The van der Waals surface area contributed by atoms with Gasteiger partial charge >= 0.3 is 0 Å². The van der Waals surface area contributed by atoms with Crippen LogP contribution in [-0.2, 0) is 0 Å². The van der Waals surface area contributed by atoms with Gasteiger partial charge in [-0.05, 0) is 60.7 Å². The second-order valence-corrected chi connectivity index (χ2v) is 14.2. The summed E-state index contributed by atoms with van der Waals surface area (Å²) in [6.07, 6.45) is 0. The van der Waals surface area contributed by atoms with E-state index >= 15 is 0 Å². The molecule has 4 nitrogen and oxygen atoms in total. The molecule has 0 aliphatic carbocycles. The van der Waals surface area contributed by atoms with Crippen molar-refractivity contribution < 1.29 is 0 Å². The molecule has 0 aliphatic rings. The highest BCUT2D eigenvalue weighted by atomic mass is 15.0. The van der Waals surface area contributed by atoms with Crippen molar-refractivity contribution in [1.29, 1.82) is 0 Å². The van der Waals surface area contributed by atoms with E-state index in [0.717, 1.165) is 0 Å². The van der Waals surface area contributed by atoms with Crippen LogP contribution in [0.3, 0.4) is 0 Å². The van der Waals surface area contributed by atoms with Crippen LogP contribution in [0.5, 0.6) is 0 Å². The lowest BCUT2D eigenvalue weighted by molar-refractivity contribution is 1.17. The van der Waals surface area contributed by atoms with Crippen molar-refractivity contribution in [3.8, 4) is 11.4 Å². The van der Waals surface area contributed by atoms with Gasteiger partial charge in [0.25, 0.3) is 0 Å². The van der Waals surface area contributed by atoms with Gasteiger partial charge in [0.1, 0.15) is 0 Å². The highest BCUT2D eigenvalue weighted by molar-refractivity contribution is 6.23. The van der Waals surface area contributed by atoms with E-state index < -0.39 is 0 Å². The number of aromatic nitrogens is 4. The third kappa shape index (κ3) is 3.15. The van der Waals surface area contributed by atoms with Crippen LogP contribution in [0.15, 0.2) is 170 Å². The van der Waals surface area contributed by atoms with E-state index in [1.54, 1.807) is 0 Å². The first-order valence-corrected chi connectivity index (χ1v) is 18.0. The first-order valence-electron chi connectivity index (χ1n) is 18.0. The molecule has 0 aliphatic heterocycles. The molecule has 5 aromatic heterocycles. The molecule has 52 heavy (non-hydrogen) atoms. The van der Waals surface area contributed by atoms with Crippen LogP contribution in [0.25, 0.3) is 110 Å². The Kier molecular flexibility index (Phi) is 4.83. The van der Waals surface area contributed by atoms with Crippen molar-refractivity contribution >= 4 is 98.3 Å². The minimum Gasteiger partial charge on any atom is -0.309 e. The van der Waals surface area contributed by atoms with E-state index in [9.17, 15) is 0 Å². The van der Waals surface area contributed by atoms with Crippen molar-refractivity contribution in [1.82, 2.24) is 17.9 Å². The lowest BCUT2D eigenvalue weighted by Gasteiger charge is -2.16. The van der Waals surface area contributed by atoms with Crippen LogP contribution in [0, 0.1) is 0 Å². The van der Waals surface area contributed by atoms with Crippen molar-refractivity contribution in [2.24, 2.45) is 0 Å². The monoisotopic (exact) mass is 660 g/mol. The number of hydrogen-bond acceptors (Lipinski definition) is 0. The van der Waals surface area contributed by atoms with Crippen LogP contribution in [-0.4, -0.2) is 17.9 Å². The predicted octanol–water partition coefficient (Wildman–Crippen LogP) is 12.4. The van der Waals surface area contributed by atoms with E-state index in [1.807, 2.05) is 0 Å². The Morgan fingerprint density at radius 3 is 0.827 bits per heavy atom. The normalized spacial score (nSPS) is 12.6. The lowest BCUT2D eigenvalue weighted by atomic mass is 10.1. The van der Waals surface area contributed by atoms with Gasteiger partial charge in [-0.3, -0.25) is 0 Å². The standard InChI is InChI=1S/C48H28N4/c1-7-19-39-31(13-1)32-14-2-8-20-40(32)49(39)29-25-37-35-17-5-11-23-43(35)52-46-28-30(50-41-21-9-3-15-33(41)34-16-4-10-22-42(34)50)26-38-36-18-6-12-24-44(36)51(48(38)46)45(27-29)47(37)52/h1-28H. The maximum absolute atomic E-state index is 2.54. The fourth-order valence-electron chi connectivity index (χ4n) is 9.62. The van der Waals surface area contributed by atoms with Gasteiger partial charge in [0.2, 0.25) is 0 Å². The molecule has 5 heterocycles. The third-order valence-corrected chi connectivity index (χ3v) is 11.6. The Morgan fingerprint density at radius 1 is 0.231 bits per heavy atom. The lowest BCUT2D eigenvalue weighted by Crippen LogP contribution is -2.01. The number of para-hydroxylation sites is 6. The summed E-state index contributed by atoms with van der Waals surface area (Å²) in [6, 6.07) is 62.7. The van der Waals surface area contributed by atoms with Crippen molar-refractivity contribution in [2.45, 2.75) is 0 Å². The van der Waals surface area contributed by atoms with Crippen LogP contribution in [0.2, 0.25) is 0 Å². The van der Waals surface area contributed by atoms with E-state index in [1.165, 1.54) is 110 Å². The van der Waals surface area contributed by atoms with Crippen LogP contribution >= 0.6 is 0 Å².